The van der Waals surface area contributed by atoms with Crippen molar-refractivity contribution in [1.29, 1.82) is 0 Å². The molecule has 0 saturated carbocycles. The summed E-state index contributed by atoms with van der Waals surface area (Å²) in [5.74, 6) is 2.70. The van der Waals surface area contributed by atoms with Crippen LogP contribution in [-0.2, 0) is 25.6 Å². The minimum absolute atomic E-state index is 0.238. The summed E-state index contributed by atoms with van der Waals surface area (Å²) in [6.45, 7) is 11.7. The molecule has 4 N–H and O–H groups in total. The maximum absolute atomic E-state index is 14.0. The molecule has 0 radical (unpaired) electrons. The molecule has 0 aliphatic heterocycles. The van der Waals surface area contributed by atoms with Gasteiger partial charge in [-0.1, -0.05) is 113 Å². The van der Waals surface area contributed by atoms with Gasteiger partial charge in [0.05, 0.1) is 17.9 Å². The highest BCUT2D eigenvalue weighted by atomic mass is 16.7. The molecule has 0 fully saturated rings. The first-order valence-electron chi connectivity index (χ1n) is 15.7. The van der Waals surface area contributed by atoms with Gasteiger partial charge in [-0.15, -0.1) is 0 Å². The molecule has 0 aliphatic carbocycles. The Kier molecular flexibility index (Phi) is 12.7. The second kappa shape index (κ2) is 16.2. The first-order chi connectivity index (χ1) is 21.0. The fourth-order valence-electron chi connectivity index (χ4n) is 5.79. The number of hydrogen-bond donors (Lipinski definition) is 3. The van der Waals surface area contributed by atoms with Crippen molar-refractivity contribution in [2.24, 2.45) is 23.1 Å². The summed E-state index contributed by atoms with van der Waals surface area (Å²) in [5.41, 5.74) is 5.10. The molecule has 7 heteroatoms. The largest absolute Gasteiger partial charge is 0.373 e. The molecule has 0 aromatic heterocycles. The van der Waals surface area contributed by atoms with Crippen molar-refractivity contribution in [3.8, 4) is 11.1 Å². The Bertz CT molecular complexity index is 1370. The van der Waals surface area contributed by atoms with E-state index < -0.39 is 29.3 Å². The Balaban J connectivity index is 1.78. The van der Waals surface area contributed by atoms with Crippen LogP contribution in [0.5, 0.6) is 0 Å². The number of nitrogens with two attached hydrogens (primary N) is 1. The van der Waals surface area contributed by atoms with Crippen LogP contribution in [0.15, 0.2) is 78.9 Å². The maximum atomic E-state index is 14.0. The SMILES string of the molecule is CCC[C@H](C(=O)ON)[C@@H](CCCc1ccc(-c2ccccc2)c(C)c1)C(=O)N[C@H](C(=O)N[C@H](C)c1ccccc1)C(C)(C)C. The van der Waals surface area contributed by atoms with Crippen molar-refractivity contribution in [1.82, 2.24) is 10.6 Å². The van der Waals surface area contributed by atoms with Crippen LogP contribution >= 0.6 is 0 Å². The number of amides is 2. The van der Waals surface area contributed by atoms with E-state index in [1.54, 1.807) is 0 Å². The minimum atomic E-state index is -0.812. The molecule has 2 amide bonds. The Morgan fingerprint density at radius 3 is 2.05 bits per heavy atom. The quantitative estimate of drug-likeness (QED) is 0.176. The lowest BCUT2D eigenvalue weighted by Gasteiger charge is -2.34. The molecular formula is C37H49N3O4. The number of aryl methyl sites for hydroxylation is 2. The van der Waals surface area contributed by atoms with Gasteiger partial charge in [-0.25, -0.2) is 0 Å². The monoisotopic (exact) mass is 599 g/mol. The van der Waals surface area contributed by atoms with E-state index in [0.29, 0.717) is 25.7 Å². The Morgan fingerprint density at radius 1 is 0.841 bits per heavy atom. The number of carbonyl (C=O) groups excluding carboxylic acids is 3. The third-order valence-corrected chi connectivity index (χ3v) is 8.27. The lowest BCUT2D eigenvalue weighted by Crippen LogP contribution is -2.56. The van der Waals surface area contributed by atoms with E-state index in [1.807, 2.05) is 83.1 Å². The molecule has 0 bridgehead atoms. The van der Waals surface area contributed by atoms with E-state index in [2.05, 4.69) is 52.7 Å². The topological polar surface area (TPSA) is 111 Å². The van der Waals surface area contributed by atoms with Crippen LogP contribution in [0.25, 0.3) is 11.1 Å². The van der Waals surface area contributed by atoms with Crippen molar-refractivity contribution in [2.45, 2.75) is 85.7 Å². The molecule has 0 saturated heterocycles. The summed E-state index contributed by atoms with van der Waals surface area (Å²) < 4.78 is 0. The molecule has 4 atom stereocenters. The Hall–Kier alpha value is -3.97. The fraction of sp³-hybridized carbons (Fsp3) is 0.432. The molecule has 0 spiro atoms. The summed E-state index contributed by atoms with van der Waals surface area (Å²) in [6, 6.07) is 25.4. The summed E-state index contributed by atoms with van der Waals surface area (Å²) in [4.78, 5) is 45.0. The smallest absolute Gasteiger partial charge is 0.328 e. The molecule has 236 valence electrons. The van der Waals surface area contributed by atoms with E-state index in [0.717, 1.165) is 17.5 Å². The lowest BCUT2D eigenvalue weighted by atomic mass is 9.81. The molecule has 3 rings (SSSR count). The van der Waals surface area contributed by atoms with Crippen molar-refractivity contribution in [2.75, 3.05) is 0 Å². The average molecular weight is 600 g/mol. The molecule has 3 aromatic carbocycles. The van der Waals surface area contributed by atoms with Gasteiger partial charge in [0.1, 0.15) is 6.04 Å². The Morgan fingerprint density at radius 2 is 1.48 bits per heavy atom. The van der Waals surface area contributed by atoms with Crippen LogP contribution in [0.3, 0.4) is 0 Å². The summed E-state index contributed by atoms with van der Waals surface area (Å²) in [5, 5.41) is 6.07. The molecule has 0 heterocycles. The first-order valence-corrected chi connectivity index (χ1v) is 15.7. The van der Waals surface area contributed by atoms with Crippen LogP contribution < -0.4 is 16.5 Å². The summed E-state index contributed by atoms with van der Waals surface area (Å²) >= 11 is 0. The predicted octanol–water partition coefficient (Wildman–Crippen LogP) is 6.84. The van der Waals surface area contributed by atoms with Crippen molar-refractivity contribution in [3.05, 3.63) is 95.6 Å². The standard InChI is InChI=1S/C37H49N3O4/c1-7-15-32(36(43)44-38)31(21-14-16-27-22-23-30(25(2)24-27)29-19-12-9-13-20-29)34(41)40-33(37(4,5)6)35(42)39-26(3)28-17-10-8-11-18-28/h8-13,17-20,22-24,26,31-33H,7,14-16,21,38H2,1-6H3,(H,39,42)(H,40,41)/t26-,31-,32+,33-/m1/s1. The third-order valence-electron chi connectivity index (χ3n) is 8.27. The second-order valence-corrected chi connectivity index (χ2v) is 12.8. The molecule has 0 unspecified atom stereocenters. The van der Waals surface area contributed by atoms with Crippen molar-refractivity contribution >= 4 is 17.8 Å². The van der Waals surface area contributed by atoms with Gasteiger partial charge in [-0.2, -0.15) is 5.90 Å². The van der Waals surface area contributed by atoms with Gasteiger partial charge in [0, 0.05) is 0 Å². The van der Waals surface area contributed by atoms with Crippen molar-refractivity contribution < 1.29 is 19.2 Å². The Labute approximate surface area is 262 Å². The van der Waals surface area contributed by atoms with Crippen LogP contribution in [-0.4, -0.2) is 23.8 Å². The van der Waals surface area contributed by atoms with E-state index in [4.69, 9.17) is 5.90 Å². The maximum Gasteiger partial charge on any atom is 0.328 e. The minimum Gasteiger partial charge on any atom is -0.373 e. The highest BCUT2D eigenvalue weighted by molar-refractivity contribution is 5.91. The molecule has 7 nitrogen and oxygen atoms in total. The highest BCUT2D eigenvalue weighted by Gasteiger charge is 2.39. The van der Waals surface area contributed by atoms with Gasteiger partial charge in [-0.3, -0.25) is 14.4 Å². The van der Waals surface area contributed by atoms with E-state index in [1.165, 1.54) is 16.7 Å². The zero-order valence-corrected chi connectivity index (χ0v) is 27.1. The third kappa shape index (κ3) is 9.52. The van der Waals surface area contributed by atoms with E-state index in [-0.39, 0.29) is 17.9 Å². The molecule has 0 aliphatic rings. The zero-order valence-electron chi connectivity index (χ0n) is 27.1. The van der Waals surface area contributed by atoms with Gasteiger partial charge in [0.15, 0.2) is 0 Å². The highest BCUT2D eigenvalue weighted by Crippen LogP contribution is 2.29. The van der Waals surface area contributed by atoms with Gasteiger partial charge in [-0.05, 0) is 72.8 Å². The lowest BCUT2D eigenvalue weighted by molar-refractivity contribution is -0.154. The van der Waals surface area contributed by atoms with Crippen LogP contribution in [0.2, 0.25) is 0 Å². The summed E-state index contributed by atoms with van der Waals surface area (Å²) in [7, 11) is 0. The van der Waals surface area contributed by atoms with E-state index in [9.17, 15) is 14.4 Å². The number of carbonyl (C=O) groups is 3. The van der Waals surface area contributed by atoms with Crippen LogP contribution in [0.4, 0.5) is 0 Å². The van der Waals surface area contributed by atoms with Crippen molar-refractivity contribution in [3.63, 3.8) is 0 Å². The number of rotatable bonds is 14. The van der Waals surface area contributed by atoms with E-state index >= 15 is 0 Å². The fourth-order valence-corrected chi connectivity index (χ4v) is 5.79. The summed E-state index contributed by atoms with van der Waals surface area (Å²) in [6.07, 6.45) is 3.01. The first kappa shape index (κ1) is 34.5. The molecular weight excluding hydrogens is 550 g/mol. The number of nitrogens with one attached hydrogen (secondary N) is 2. The normalized spacial score (nSPS) is 14.2. The van der Waals surface area contributed by atoms with Crippen LogP contribution in [0.1, 0.15) is 83.0 Å². The predicted molar refractivity (Wildman–Crippen MR) is 176 cm³/mol. The van der Waals surface area contributed by atoms with Gasteiger partial charge >= 0.3 is 5.97 Å². The molecule has 44 heavy (non-hydrogen) atoms. The second-order valence-electron chi connectivity index (χ2n) is 12.8. The number of hydrogen-bond acceptors (Lipinski definition) is 5. The molecule has 3 aromatic rings. The van der Waals surface area contributed by atoms with Gasteiger partial charge < -0.3 is 15.5 Å². The van der Waals surface area contributed by atoms with Gasteiger partial charge in [0.25, 0.3) is 0 Å². The van der Waals surface area contributed by atoms with Crippen LogP contribution in [0, 0.1) is 24.2 Å². The zero-order chi connectivity index (χ0) is 32.3. The van der Waals surface area contributed by atoms with Gasteiger partial charge in [0.2, 0.25) is 11.8 Å². The number of benzene rings is 3. The average Bonchev–Trinajstić information content (AvgIpc) is 3.00.